The number of carbonyl (C=O) groups is 1. The Morgan fingerprint density at radius 2 is 0.960 bits per heavy atom. The largest absolute Gasteiger partial charge is 0.478 e. The molecule has 0 unspecified atom stereocenters. The molecule has 0 heterocycles. The van der Waals surface area contributed by atoms with Gasteiger partial charge in [-0.05, 0) is 44.9 Å². The maximum absolute atomic E-state index is 10.3. The van der Waals surface area contributed by atoms with Crippen molar-refractivity contribution in [2.24, 2.45) is 0 Å². The van der Waals surface area contributed by atoms with E-state index in [0.29, 0.717) is 0 Å². The molecule has 0 bridgehead atoms. The van der Waals surface area contributed by atoms with Crippen LogP contribution in [0.4, 0.5) is 0 Å². The Balaban J connectivity index is 3.11. The van der Waals surface area contributed by atoms with E-state index < -0.39 is 5.97 Å². The molecule has 0 aliphatic carbocycles. The number of halogens is 1. The number of allylic oxidation sites excluding steroid dienone is 3. The fraction of sp³-hybridized carbons (Fsp3) is 0.773. The minimum atomic E-state index is -0.841. The second-order valence-corrected chi connectivity index (χ2v) is 7.24. The van der Waals surface area contributed by atoms with Gasteiger partial charge >= 0.3 is 5.97 Å². The summed E-state index contributed by atoms with van der Waals surface area (Å²) in [7, 11) is 0. The van der Waals surface area contributed by atoms with E-state index in [4.69, 9.17) is 16.7 Å². The summed E-state index contributed by atoms with van der Waals surface area (Å²) >= 11 is 5.66. The minimum Gasteiger partial charge on any atom is -0.478 e. The molecule has 0 aromatic carbocycles. The van der Waals surface area contributed by atoms with Crippen LogP contribution in [0.3, 0.4) is 0 Å². The number of carboxylic acid groups (broad SMARTS) is 1. The standard InChI is InChI=1S/C22H39ClO2/c23-21-19-17-15-13-11-9-7-5-3-1-2-4-6-8-10-12-14-16-18-20-22(24)25/h3,5,18,20H,1-2,4,6-17,19,21H2,(H,24,25). The number of alkyl halides is 1. The Kier molecular flexibility index (Phi) is 20.6. The van der Waals surface area contributed by atoms with Gasteiger partial charge in [0.1, 0.15) is 0 Å². The Labute approximate surface area is 160 Å². The van der Waals surface area contributed by atoms with Crippen molar-refractivity contribution in [1.82, 2.24) is 0 Å². The van der Waals surface area contributed by atoms with E-state index in [2.05, 4.69) is 12.2 Å². The van der Waals surface area contributed by atoms with Crippen LogP contribution in [-0.2, 0) is 4.79 Å². The van der Waals surface area contributed by atoms with E-state index in [9.17, 15) is 4.79 Å². The van der Waals surface area contributed by atoms with Gasteiger partial charge in [0, 0.05) is 12.0 Å². The quantitative estimate of drug-likeness (QED) is 0.110. The number of hydrogen-bond donors (Lipinski definition) is 1. The zero-order chi connectivity index (χ0) is 18.4. The summed E-state index contributed by atoms with van der Waals surface area (Å²) < 4.78 is 0. The first-order valence-corrected chi connectivity index (χ1v) is 10.9. The van der Waals surface area contributed by atoms with Crippen LogP contribution in [0, 0.1) is 0 Å². The second-order valence-electron chi connectivity index (χ2n) is 6.86. The topological polar surface area (TPSA) is 37.3 Å². The third-order valence-corrected chi connectivity index (χ3v) is 4.69. The third-order valence-electron chi connectivity index (χ3n) is 4.42. The predicted octanol–water partition coefficient (Wildman–Crippen LogP) is 7.66. The summed E-state index contributed by atoms with van der Waals surface area (Å²) in [6.07, 6.45) is 27.9. The Morgan fingerprint density at radius 1 is 0.600 bits per heavy atom. The van der Waals surface area contributed by atoms with Crippen LogP contribution in [0.15, 0.2) is 24.3 Å². The summed E-state index contributed by atoms with van der Waals surface area (Å²) in [5.74, 6) is -0.0262. The minimum absolute atomic E-state index is 0.814. The Bertz CT molecular complexity index is 337. The second kappa shape index (κ2) is 21.3. The lowest BCUT2D eigenvalue weighted by atomic mass is 10.1. The van der Waals surface area contributed by atoms with Gasteiger partial charge in [-0.3, -0.25) is 0 Å². The van der Waals surface area contributed by atoms with Crippen LogP contribution in [0.2, 0.25) is 0 Å². The van der Waals surface area contributed by atoms with Crippen LogP contribution in [-0.4, -0.2) is 17.0 Å². The number of aliphatic carboxylic acids is 1. The number of rotatable bonds is 19. The zero-order valence-electron chi connectivity index (χ0n) is 16.1. The van der Waals surface area contributed by atoms with Crippen LogP contribution in [0.5, 0.6) is 0 Å². The molecular formula is C22H39ClO2. The molecule has 0 aliphatic rings. The van der Waals surface area contributed by atoms with Crippen molar-refractivity contribution in [2.75, 3.05) is 5.88 Å². The van der Waals surface area contributed by atoms with Crippen molar-refractivity contribution in [3.8, 4) is 0 Å². The molecule has 0 rings (SSSR count). The monoisotopic (exact) mass is 370 g/mol. The molecular weight excluding hydrogens is 332 g/mol. The van der Waals surface area contributed by atoms with Crippen molar-refractivity contribution < 1.29 is 9.90 Å². The summed E-state index contributed by atoms with van der Waals surface area (Å²) in [5, 5.41) is 8.47. The molecule has 0 saturated heterocycles. The molecule has 0 atom stereocenters. The van der Waals surface area contributed by atoms with E-state index in [1.165, 1.54) is 96.0 Å². The summed E-state index contributed by atoms with van der Waals surface area (Å²) in [5.41, 5.74) is 0. The lowest BCUT2D eigenvalue weighted by Crippen LogP contribution is -1.85. The molecule has 146 valence electrons. The van der Waals surface area contributed by atoms with Gasteiger partial charge < -0.3 is 5.11 Å². The highest BCUT2D eigenvalue weighted by Crippen LogP contribution is 2.11. The van der Waals surface area contributed by atoms with Gasteiger partial charge in [-0.2, -0.15) is 0 Å². The van der Waals surface area contributed by atoms with Gasteiger partial charge in [0.05, 0.1) is 0 Å². The molecule has 2 nitrogen and oxygen atoms in total. The lowest BCUT2D eigenvalue weighted by Gasteiger charge is -2.00. The average molecular weight is 371 g/mol. The molecule has 0 aromatic rings. The van der Waals surface area contributed by atoms with Crippen LogP contribution < -0.4 is 0 Å². The van der Waals surface area contributed by atoms with Crippen molar-refractivity contribution >= 4 is 17.6 Å². The van der Waals surface area contributed by atoms with Gasteiger partial charge in [0.25, 0.3) is 0 Å². The highest BCUT2D eigenvalue weighted by atomic mass is 35.5. The summed E-state index contributed by atoms with van der Waals surface area (Å²) in [6, 6.07) is 0. The first-order chi connectivity index (χ1) is 12.3. The van der Waals surface area contributed by atoms with Gasteiger partial charge in [-0.25, -0.2) is 4.79 Å². The SMILES string of the molecule is O=C(O)C=CCCCCCCCCCC=CCCCCCCCCCl. The molecule has 0 radical (unpaired) electrons. The molecule has 0 fully saturated rings. The average Bonchev–Trinajstić information content (AvgIpc) is 2.60. The normalized spacial score (nSPS) is 11.7. The third kappa shape index (κ3) is 23.2. The molecule has 25 heavy (non-hydrogen) atoms. The van der Waals surface area contributed by atoms with Crippen LogP contribution >= 0.6 is 11.6 Å². The van der Waals surface area contributed by atoms with Crippen molar-refractivity contribution in [3.63, 3.8) is 0 Å². The number of hydrogen-bond acceptors (Lipinski definition) is 1. The zero-order valence-corrected chi connectivity index (χ0v) is 16.8. The smallest absolute Gasteiger partial charge is 0.327 e. The molecule has 0 aliphatic heterocycles. The lowest BCUT2D eigenvalue weighted by molar-refractivity contribution is -0.131. The first kappa shape index (κ1) is 24.2. The van der Waals surface area contributed by atoms with Gasteiger partial charge in [0.15, 0.2) is 0 Å². The number of carboxylic acids is 1. The van der Waals surface area contributed by atoms with E-state index in [1.807, 2.05) is 0 Å². The first-order valence-electron chi connectivity index (χ1n) is 10.4. The number of unbranched alkanes of at least 4 members (excludes halogenated alkanes) is 14. The van der Waals surface area contributed by atoms with Crippen LogP contribution in [0.25, 0.3) is 0 Å². The summed E-state index contributed by atoms with van der Waals surface area (Å²) in [4.78, 5) is 10.3. The van der Waals surface area contributed by atoms with Gasteiger partial charge in [-0.15, -0.1) is 11.6 Å². The highest BCUT2D eigenvalue weighted by molar-refractivity contribution is 6.17. The maximum Gasteiger partial charge on any atom is 0.327 e. The maximum atomic E-state index is 10.3. The van der Waals surface area contributed by atoms with Gasteiger partial charge in [-0.1, -0.05) is 76.0 Å². The van der Waals surface area contributed by atoms with E-state index in [-0.39, 0.29) is 0 Å². The van der Waals surface area contributed by atoms with E-state index in [0.717, 1.165) is 18.7 Å². The molecule has 0 spiro atoms. The highest BCUT2D eigenvalue weighted by Gasteiger charge is 1.92. The Hall–Kier alpha value is -0.760. The molecule has 0 aromatic heterocycles. The van der Waals surface area contributed by atoms with Gasteiger partial charge in [0.2, 0.25) is 0 Å². The molecule has 0 saturated carbocycles. The molecule has 3 heteroatoms. The molecule has 0 amide bonds. The fourth-order valence-electron chi connectivity index (χ4n) is 2.89. The van der Waals surface area contributed by atoms with Crippen molar-refractivity contribution in [2.45, 2.75) is 103 Å². The van der Waals surface area contributed by atoms with Crippen molar-refractivity contribution in [3.05, 3.63) is 24.3 Å². The Morgan fingerprint density at radius 3 is 1.36 bits per heavy atom. The summed E-state index contributed by atoms with van der Waals surface area (Å²) in [6.45, 7) is 0. The van der Waals surface area contributed by atoms with E-state index >= 15 is 0 Å². The van der Waals surface area contributed by atoms with Crippen molar-refractivity contribution in [1.29, 1.82) is 0 Å². The molecule has 1 N–H and O–H groups in total. The van der Waals surface area contributed by atoms with Crippen LogP contribution in [0.1, 0.15) is 103 Å². The predicted molar refractivity (Wildman–Crippen MR) is 111 cm³/mol. The van der Waals surface area contributed by atoms with E-state index in [1.54, 1.807) is 6.08 Å². The fourth-order valence-corrected chi connectivity index (χ4v) is 3.08.